The van der Waals surface area contributed by atoms with E-state index in [1.165, 1.54) is 18.0 Å². The minimum Gasteiger partial charge on any atom is -0.350 e. The molecule has 1 aromatic carbocycles. The maximum Gasteiger partial charge on any atom is 0.271 e. The van der Waals surface area contributed by atoms with Crippen molar-refractivity contribution in [2.24, 2.45) is 0 Å². The van der Waals surface area contributed by atoms with Crippen molar-refractivity contribution >= 4 is 5.91 Å². The lowest BCUT2D eigenvalue weighted by Gasteiger charge is -2.16. The largest absolute Gasteiger partial charge is 0.350 e. The molecule has 0 aliphatic heterocycles. The summed E-state index contributed by atoms with van der Waals surface area (Å²) < 4.78 is 0. The zero-order valence-electron chi connectivity index (χ0n) is 10.5. The molecule has 0 bridgehead atoms. The number of nitrogens with zero attached hydrogens (tertiary/aromatic N) is 2. The van der Waals surface area contributed by atoms with E-state index < -0.39 is 0 Å². The first-order valence-corrected chi connectivity index (χ1v) is 6.40. The van der Waals surface area contributed by atoms with Gasteiger partial charge in [0.25, 0.3) is 5.91 Å². The number of amides is 1. The minimum atomic E-state index is -0.157. The van der Waals surface area contributed by atoms with E-state index in [0.717, 1.165) is 12.8 Å². The van der Waals surface area contributed by atoms with Crippen LogP contribution in [0.15, 0.2) is 48.9 Å². The lowest BCUT2D eigenvalue weighted by atomic mass is 9.96. The standard InChI is InChI=1S/C15H15N3O/c19-14(13-10-16-8-9-17-13)18-11-15(6-7-15)12-4-2-1-3-5-12/h1-5,8-10H,6-7,11H2,(H,18,19). The number of carbonyl (C=O) groups excluding carboxylic acids is 1. The van der Waals surface area contributed by atoms with E-state index in [0.29, 0.717) is 12.2 Å². The number of benzene rings is 1. The summed E-state index contributed by atoms with van der Waals surface area (Å²) in [5.74, 6) is -0.157. The molecule has 1 aliphatic carbocycles. The van der Waals surface area contributed by atoms with Crippen molar-refractivity contribution in [2.45, 2.75) is 18.3 Å². The minimum absolute atomic E-state index is 0.124. The Labute approximate surface area is 111 Å². The molecule has 4 nitrogen and oxygen atoms in total. The van der Waals surface area contributed by atoms with Crippen molar-refractivity contribution in [3.63, 3.8) is 0 Å². The Kier molecular flexibility index (Phi) is 2.99. The van der Waals surface area contributed by atoms with Crippen molar-refractivity contribution in [1.82, 2.24) is 15.3 Å². The summed E-state index contributed by atoms with van der Waals surface area (Å²) in [6, 6.07) is 10.3. The second kappa shape index (κ2) is 4.80. The van der Waals surface area contributed by atoms with Gasteiger partial charge in [-0.3, -0.25) is 9.78 Å². The molecule has 1 saturated carbocycles. The number of hydrogen-bond acceptors (Lipinski definition) is 3. The molecule has 0 spiro atoms. The van der Waals surface area contributed by atoms with Crippen LogP contribution < -0.4 is 5.32 Å². The van der Waals surface area contributed by atoms with Crippen LogP contribution in [-0.2, 0) is 5.41 Å². The van der Waals surface area contributed by atoms with Crippen molar-refractivity contribution in [3.05, 3.63) is 60.2 Å². The fraction of sp³-hybridized carbons (Fsp3) is 0.267. The highest BCUT2D eigenvalue weighted by atomic mass is 16.1. The SMILES string of the molecule is O=C(NCC1(c2ccccc2)CC1)c1cnccn1. The second-order valence-electron chi connectivity index (χ2n) is 4.92. The first-order valence-electron chi connectivity index (χ1n) is 6.40. The van der Waals surface area contributed by atoms with Gasteiger partial charge in [0.05, 0.1) is 6.20 Å². The monoisotopic (exact) mass is 253 g/mol. The van der Waals surface area contributed by atoms with Gasteiger partial charge in [-0.25, -0.2) is 4.98 Å². The summed E-state index contributed by atoms with van der Waals surface area (Å²) in [5.41, 5.74) is 1.79. The van der Waals surface area contributed by atoms with Crippen LogP contribution in [0, 0.1) is 0 Å². The van der Waals surface area contributed by atoms with Crippen LogP contribution in [0.2, 0.25) is 0 Å². The van der Waals surface area contributed by atoms with E-state index in [1.54, 1.807) is 6.20 Å². The van der Waals surface area contributed by atoms with Crippen molar-refractivity contribution < 1.29 is 4.79 Å². The molecule has 1 amide bonds. The Balaban J connectivity index is 1.66. The van der Waals surface area contributed by atoms with Crippen LogP contribution >= 0.6 is 0 Å². The average Bonchev–Trinajstić information content (AvgIpc) is 3.28. The number of hydrogen-bond donors (Lipinski definition) is 1. The topological polar surface area (TPSA) is 54.9 Å². The van der Waals surface area contributed by atoms with Gasteiger partial charge in [-0.05, 0) is 18.4 Å². The molecule has 1 aliphatic rings. The predicted octanol–water partition coefficient (Wildman–Crippen LogP) is 1.94. The van der Waals surface area contributed by atoms with Gasteiger partial charge < -0.3 is 5.32 Å². The van der Waals surface area contributed by atoms with E-state index >= 15 is 0 Å². The number of rotatable bonds is 4. The van der Waals surface area contributed by atoms with E-state index in [2.05, 4.69) is 27.4 Å². The number of nitrogens with one attached hydrogen (secondary N) is 1. The molecular formula is C15H15N3O. The van der Waals surface area contributed by atoms with E-state index in [4.69, 9.17) is 0 Å². The third kappa shape index (κ3) is 2.47. The zero-order chi connectivity index (χ0) is 13.1. The summed E-state index contributed by atoms with van der Waals surface area (Å²) in [4.78, 5) is 19.8. The van der Waals surface area contributed by atoms with Crippen molar-refractivity contribution in [3.8, 4) is 0 Å². The van der Waals surface area contributed by atoms with Gasteiger partial charge in [-0.1, -0.05) is 30.3 Å². The van der Waals surface area contributed by atoms with Crippen LogP contribution in [0.1, 0.15) is 28.9 Å². The molecule has 3 rings (SSSR count). The lowest BCUT2D eigenvalue weighted by molar-refractivity contribution is 0.0944. The highest BCUT2D eigenvalue weighted by Gasteiger charge is 2.44. The smallest absolute Gasteiger partial charge is 0.271 e. The lowest BCUT2D eigenvalue weighted by Crippen LogP contribution is -2.32. The van der Waals surface area contributed by atoms with Gasteiger partial charge >= 0.3 is 0 Å². The molecule has 2 aromatic rings. The molecule has 1 aromatic heterocycles. The predicted molar refractivity (Wildman–Crippen MR) is 71.7 cm³/mol. The van der Waals surface area contributed by atoms with E-state index in [1.807, 2.05) is 18.2 Å². The van der Waals surface area contributed by atoms with E-state index in [-0.39, 0.29) is 11.3 Å². The van der Waals surface area contributed by atoms with Gasteiger partial charge in [0, 0.05) is 24.4 Å². The molecule has 19 heavy (non-hydrogen) atoms. The molecule has 1 N–H and O–H groups in total. The molecule has 4 heteroatoms. The molecule has 96 valence electrons. The maximum atomic E-state index is 11.9. The Bertz CT molecular complexity index is 564. The quantitative estimate of drug-likeness (QED) is 0.906. The fourth-order valence-electron chi connectivity index (χ4n) is 2.27. The second-order valence-corrected chi connectivity index (χ2v) is 4.92. The highest BCUT2D eigenvalue weighted by molar-refractivity contribution is 5.91. The Morgan fingerprint density at radius 2 is 2.00 bits per heavy atom. The molecule has 0 radical (unpaired) electrons. The Morgan fingerprint density at radius 3 is 2.63 bits per heavy atom. The Hall–Kier alpha value is -2.23. The number of carbonyl (C=O) groups is 1. The van der Waals surface area contributed by atoms with Crippen molar-refractivity contribution in [1.29, 1.82) is 0 Å². The zero-order valence-corrected chi connectivity index (χ0v) is 10.5. The Morgan fingerprint density at radius 1 is 1.21 bits per heavy atom. The third-order valence-electron chi connectivity index (χ3n) is 3.62. The maximum absolute atomic E-state index is 11.9. The first kappa shape index (κ1) is 11.8. The molecule has 0 saturated heterocycles. The van der Waals surface area contributed by atoms with Gasteiger partial charge in [-0.2, -0.15) is 0 Å². The summed E-state index contributed by atoms with van der Waals surface area (Å²) in [6.07, 6.45) is 6.81. The molecule has 1 heterocycles. The van der Waals surface area contributed by atoms with E-state index in [9.17, 15) is 4.79 Å². The number of aromatic nitrogens is 2. The normalized spacial score (nSPS) is 15.8. The van der Waals surface area contributed by atoms with Crippen LogP contribution in [0.4, 0.5) is 0 Å². The molecular weight excluding hydrogens is 238 g/mol. The average molecular weight is 253 g/mol. The first-order chi connectivity index (χ1) is 9.30. The van der Waals surface area contributed by atoms with Gasteiger partial charge in [0.2, 0.25) is 0 Å². The molecule has 1 fully saturated rings. The van der Waals surface area contributed by atoms with Gasteiger partial charge in [0.15, 0.2) is 0 Å². The van der Waals surface area contributed by atoms with Gasteiger partial charge in [0.1, 0.15) is 5.69 Å². The van der Waals surface area contributed by atoms with Crippen LogP contribution in [0.25, 0.3) is 0 Å². The van der Waals surface area contributed by atoms with Crippen molar-refractivity contribution in [2.75, 3.05) is 6.54 Å². The third-order valence-corrected chi connectivity index (χ3v) is 3.62. The van der Waals surface area contributed by atoms with Crippen LogP contribution in [0.5, 0.6) is 0 Å². The summed E-state index contributed by atoms with van der Waals surface area (Å²) in [5, 5.41) is 2.96. The fourth-order valence-corrected chi connectivity index (χ4v) is 2.27. The molecule has 0 unspecified atom stereocenters. The highest BCUT2D eigenvalue weighted by Crippen LogP contribution is 2.47. The summed E-state index contributed by atoms with van der Waals surface area (Å²) in [6.45, 7) is 0.659. The van der Waals surface area contributed by atoms with Crippen LogP contribution in [-0.4, -0.2) is 22.4 Å². The summed E-state index contributed by atoms with van der Waals surface area (Å²) in [7, 11) is 0. The summed E-state index contributed by atoms with van der Waals surface area (Å²) >= 11 is 0. The molecule has 0 atom stereocenters. The van der Waals surface area contributed by atoms with Gasteiger partial charge in [-0.15, -0.1) is 0 Å². The van der Waals surface area contributed by atoms with Crippen LogP contribution in [0.3, 0.4) is 0 Å².